The smallest absolute Gasteiger partial charge is 0.135 e. The average Bonchev–Trinajstić information content (AvgIpc) is 2.14. The summed E-state index contributed by atoms with van der Waals surface area (Å²) < 4.78 is 0. The molecule has 0 radical (unpaired) electrons. The third kappa shape index (κ3) is 2.33. The van der Waals surface area contributed by atoms with Crippen molar-refractivity contribution in [3.63, 3.8) is 0 Å². The van der Waals surface area contributed by atoms with Crippen molar-refractivity contribution < 1.29 is 4.79 Å². The first kappa shape index (κ1) is 11.7. The predicted octanol–water partition coefficient (Wildman–Crippen LogP) is 3.43. The number of Topliss-reactive ketones (excluding diaryl/α,β-unsaturated/α-hetero) is 1. The highest BCUT2D eigenvalue weighted by Gasteiger charge is 2.31. The van der Waals surface area contributed by atoms with Gasteiger partial charge in [0.25, 0.3) is 0 Å². The highest BCUT2D eigenvalue weighted by atomic mass is 16.1. The Morgan fingerprint density at radius 3 is 1.92 bits per heavy atom. The lowest BCUT2D eigenvalue weighted by molar-refractivity contribution is -0.125. The summed E-state index contributed by atoms with van der Waals surface area (Å²) in [4.78, 5) is 11.5. The maximum absolute atomic E-state index is 11.5. The lowest BCUT2D eigenvalue weighted by Gasteiger charge is -2.32. The average molecular weight is 170 g/mol. The summed E-state index contributed by atoms with van der Waals surface area (Å²) in [6.07, 6.45) is 2.86. The molecule has 0 aromatic carbocycles. The fraction of sp³-hybridized carbons (Fsp3) is 0.909. The number of carbonyl (C=O) groups is 1. The normalized spacial score (nSPS) is 14.4. The number of carbonyl (C=O) groups excluding carboxylic acids is 1. The van der Waals surface area contributed by atoms with Crippen LogP contribution in [0.25, 0.3) is 0 Å². The molecule has 72 valence electrons. The highest BCUT2D eigenvalue weighted by Crippen LogP contribution is 2.35. The molecular weight excluding hydrogens is 148 g/mol. The van der Waals surface area contributed by atoms with E-state index in [1.165, 1.54) is 0 Å². The number of hydrogen-bond donors (Lipinski definition) is 0. The van der Waals surface area contributed by atoms with Gasteiger partial charge >= 0.3 is 0 Å². The first-order valence-electron chi connectivity index (χ1n) is 5.04. The molecule has 0 amide bonds. The van der Waals surface area contributed by atoms with Crippen LogP contribution in [0.15, 0.2) is 0 Å². The van der Waals surface area contributed by atoms with Crippen molar-refractivity contribution in [3.05, 3.63) is 0 Å². The van der Waals surface area contributed by atoms with E-state index < -0.39 is 0 Å². The van der Waals surface area contributed by atoms with Crippen molar-refractivity contribution in [2.75, 3.05) is 0 Å². The maximum Gasteiger partial charge on any atom is 0.135 e. The van der Waals surface area contributed by atoms with Crippen LogP contribution < -0.4 is 0 Å². The van der Waals surface area contributed by atoms with E-state index in [2.05, 4.69) is 27.7 Å². The first-order valence-corrected chi connectivity index (χ1v) is 5.04. The molecule has 0 aliphatic heterocycles. The van der Waals surface area contributed by atoms with Crippen molar-refractivity contribution in [2.24, 2.45) is 11.3 Å². The fourth-order valence-corrected chi connectivity index (χ4v) is 1.56. The Labute approximate surface area is 76.6 Å². The molecule has 0 fully saturated rings. The fourth-order valence-electron chi connectivity index (χ4n) is 1.56. The van der Waals surface area contributed by atoms with Crippen LogP contribution in [0.2, 0.25) is 0 Å². The van der Waals surface area contributed by atoms with Crippen LogP contribution >= 0.6 is 0 Å². The third-order valence-electron chi connectivity index (χ3n) is 3.49. The van der Waals surface area contributed by atoms with Gasteiger partial charge in [-0.05, 0) is 5.41 Å². The lowest BCUT2D eigenvalue weighted by atomic mass is 9.71. The van der Waals surface area contributed by atoms with E-state index in [-0.39, 0.29) is 11.3 Å². The Balaban J connectivity index is 4.40. The second-order valence-corrected chi connectivity index (χ2v) is 3.90. The van der Waals surface area contributed by atoms with Gasteiger partial charge < -0.3 is 0 Å². The molecule has 0 aromatic heterocycles. The van der Waals surface area contributed by atoms with Gasteiger partial charge in [-0.2, -0.15) is 0 Å². The van der Waals surface area contributed by atoms with E-state index in [0.717, 1.165) is 12.8 Å². The summed E-state index contributed by atoms with van der Waals surface area (Å²) in [5.41, 5.74) is 0.215. The Morgan fingerprint density at radius 2 is 1.67 bits per heavy atom. The minimum absolute atomic E-state index is 0.215. The van der Waals surface area contributed by atoms with Crippen LogP contribution in [-0.4, -0.2) is 5.78 Å². The van der Waals surface area contributed by atoms with Crippen molar-refractivity contribution >= 4 is 5.78 Å². The van der Waals surface area contributed by atoms with Gasteiger partial charge in [-0.25, -0.2) is 0 Å². The van der Waals surface area contributed by atoms with Gasteiger partial charge in [-0.15, -0.1) is 0 Å². The molecular formula is C11H22O. The predicted molar refractivity (Wildman–Crippen MR) is 53.2 cm³/mol. The quantitative estimate of drug-likeness (QED) is 0.618. The largest absolute Gasteiger partial charge is 0.299 e. The molecule has 1 nitrogen and oxygen atoms in total. The van der Waals surface area contributed by atoms with Gasteiger partial charge in [0.2, 0.25) is 0 Å². The number of rotatable bonds is 5. The zero-order chi connectivity index (χ0) is 9.78. The molecule has 1 heteroatoms. The van der Waals surface area contributed by atoms with Crippen molar-refractivity contribution in [1.29, 1.82) is 0 Å². The van der Waals surface area contributed by atoms with E-state index >= 15 is 0 Å². The maximum atomic E-state index is 11.5. The van der Waals surface area contributed by atoms with E-state index in [4.69, 9.17) is 0 Å². The molecule has 0 N–H and O–H groups in total. The molecule has 0 saturated heterocycles. The molecule has 0 bridgehead atoms. The van der Waals surface area contributed by atoms with Crippen molar-refractivity contribution in [3.8, 4) is 0 Å². The van der Waals surface area contributed by atoms with E-state index in [1.54, 1.807) is 0 Å². The minimum atomic E-state index is 0.215. The van der Waals surface area contributed by atoms with Gasteiger partial charge in [-0.3, -0.25) is 4.79 Å². The minimum Gasteiger partial charge on any atom is -0.299 e. The highest BCUT2D eigenvalue weighted by molar-refractivity contribution is 5.81. The standard InChI is InChI=1S/C11H22O/c1-6-10(12)9(4)11(5,7-2)8-3/h9H,6-8H2,1-5H3. The molecule has 0 saturated carbocycles. The van der Waals surface area contributed by atoms with Gasteiger partial charge in [0, 0.05) is 12.3 Å². The monoisotopic (exact) mass is 170 g/mol. The topological polar surface area (TPSA) is 17.1 Å². The summed E-state index contributed by atoms with van der Waals surface area (Å²) in [7, 11) is 0. The van der Waals surface area contributed by atoms with E-state index in [9.17, 15) is 4.79 Å². The van der Waals surface area contributed by atoms with Gasteiger partial charge in [-0.1, -0.05) is 47.5 Å². The van der Waals surface area contributed by atoms with Gasteiger partial charge in [0.15, 0.2) is 0 Å². The zero-order valence-electron chi connectivity index (χ0n) is 9.11. The summed E-state index contributed by atoms with van der Waals surface area (Å²) >= 11 is 0. The van der Waals surface area contributed by atoms with Gasteiger partial charge in [0.05, 0.1) is 0 Å². The lowest BCUT2D eigenvalue weighted by Crippen LogP contribution is -2.29. The molecule has 0 aliphatic rings. The zero-order valence-corrected chi connectivity index (χ0v) is 9.11. The van der Waals surface area contributed by atoms with Crippen molar-refractivity contribution in [1.82, 2.24) is 0 Å². The van der Waals surface area contributed by atoms with Crippen LogP contribution in [0.1, 0.15) is 53.9 Å². The second-order valence-electron chi connectivity index (χ2n) is 3.90. The Hall–Kier alpha value is -0.330. The van der Waals surface area contributed by atoms with E-state index in [1.807, 2.05) is 6.92 Å². The molecule has 0 spiro atoms. The molecule has 0 heterocycles. The van der Waals surface area contributed by atoms with Gasteiger partial charge in [0.1, 0.15) is 5.78 Å². The Morgan fingerprint density at radius 1 is 1.25 bits per heavy atom. The van der Waals surface area contributed by atoms with Crippen LogP contribution in [0.4, 0.5) is 0 Å². The van der Waals surface area contributed by atoms with Crippen LogP contribution in [0, 0.1) is 11.3 Å². The number of ketones is 1. The summed E-state index contributed by atoms with van der Waals surface area (Å²) in [5.74, 6) is 0.624. The Bertz CT molecular complexity index is 145. The number of hydrogen-bond acceptors (Lipinski definition) is 1. The summed E-state index contributed by atoms with van der Waals surface area (Å²) in [6.45, 7) is 10.6. The van der Waals surface area contributed by atoms with Crippen molar-refractivity contribution in [2.45, 2.75) is 53.9 Å². The summed E-state index contributed by atoms with van der Waals surface area (Å²) in [5, 5.41) is 0. The Kier molecular flexibility index (Phi) is 4.51. The molecule has 12 heavy (non-hydrogen) atoms. The molecule has 0 aliphatic carbocycles. The van der Waals surface area contributed by atoms with E-state index in [0.29, 0.717) is 12.2 Å². The molecule has 1 unspecified atom stereocenters. The molecule has 0 aromatic rings. The molecule has 1 atom stereocenters. The second kappa shape index (κ2) is 4.64. The van der Waals surface area contributed by atoms with Crippen LogP contribution in [0.3, 0.4) is 0 Å². The third-order valence-corrected chi connectivity index (χ3v) is 3.49. The van der Waals surface area contributed by atoms with Crippen LogP contribution in [0.5, 0.6) is 0 Å². The molecule has 0 rings (SSSR count). The SMILES string of the molecule is CCC(=O)C(C)C(C)(CC)CC. The first-order chi connectivity index (χ1) is 5.51. The summed E-state index contributed by atoms with van der Waals surface area (Å²) in [6, 6.07) is 0. The van der Waals surface area contributed by atoms with Crippen LogP contribution in [-0.2, 0) is 4.79 Å².